The number of anilines is 2. The van der Waals surface area contributed by atoms with Gasteiger partial charge >= 0.3 is 0 Å². The van der Waals surface area contributed by atoms with Crippen LogP contribution < -0.4 is 10.6 Å². The van der Waals surface area contributed by atoms with Crippen molar-refractivity contribution in [1.82, 2.24) is 24.8 Å². The van der Waals surface area contributed by atoms with Gasteiger partial charge in [-0.05, 0) is 93.1 Å². The smallest absolute Gasteiger partial charge is 0.256 e. The summed E-state index contributed by atoms with van der Waals surface area (Å²) in [4.78, 5) is 67.5. The number of carbonyl (C=O) groups excluding carboxylic acids is 4. The molecule has 4 amide bonds. The summed E-state index contributed by atoms with van der Waals surface area (Å²) in [5, 5.41) is 5.95. The highest BCUT2D eigenvalue weighted by atomic mass is 16.2. The summed E-state index contributed by atoms with van der Waals surface area (Å²) in [5.41, 5.74) is 4.09. The summed E-state index contributed by atoms with van der Waals surface area (Å²) in [7, 11) is 0. The summed E-state index contributed by atoms with van der Waals surface area (Å²) in [6.07, 6.45) is 8.96. The Labute approximate surface area is 260 Å². The predicted octanol–water partition coefficient (Wildman–Crippen LogP) is 4.60. The summed E-state index contributed by atoms with van der Waals surface area (Å²) in [6.45, 7) is 1.17. The quantitative estimate of drug-likeness (QED) is 0.281. The van der Waals surface area contributed by atoms with E-state index in [1.54, 1.807) is 28.1 Å². The molecule has 11 heteroatoms. The Hall–Kier alpha value is -5.06. The van der Waals surface area contributed by atoms with Gasteiger partial charge in [-0.2, -0.15) is 0 Å². The molecule has 3 fully saturated rings. The number of hydrogen-bond donors (Lipinski definition) is 3. The predicted molar refractivity (Wildman–Crippen MR) is 169 cm³/mol. The number of rotatable bonds is 7. The van der Waals surface area contributed by atoms with E-state index in [-0.39, 0.29) is 29.5 Å². The SMILES string of the molecule is O=C(Nc1ccc(-c2nc3cc(NC(=O)[C@@H]4CCCN4C(=O)C4CCC4)ccc3[nH]2)cc1)[C@@H]1CCCN1C(=O)c1cccnc1. The molecule has 2 aromatic carbocycles. The Bertz CT molecular complexity index is 1750. The lowest BCUT2D eigenvalue weighted by molar-refractivity contribution is -0.142. The molecule has 2 aromatic heterocycles. The Morgan fingerprint density at radius 2 is 1.47 bits per heavy atom. The van der Waals surface area contributed by atoms with Crippen LogP contribution in [0, 0.1) is 5.92 Å². The molecule has 230 valence electrons. The van der Waals surface area contributed by atoms with Gasteiger partial charge in [0, 0.05) is 48.3 Å². The van der Waals surface area contributed by atoms with E-state index >= 15 is 0 Å². The molecule has 2 saturated heterocycles. The van der Waals surface area contributed by atoms with E-state index in [9.17, 15) is 19.2 Å². The van der Waals surface area contributed by atoms with Gasteiger partial charge in [-0.25, -0.2) is 4.98 Å². The summed E-state index contributed by atoms with van der Waals surface area (Å²) < 4.78 is 0. The summed E-state index contributed by atoms with van der Waals surface area (Å²) in [5.74, 6) is 0.285. The molecular formula is C34H35N7O4. The van der Waals surface area contributed by atoms with Crippen LogP contribution in [0.3, 0.4) is 0 Å². The summed E-state index contributed by atoms with van der Waals surface area (Å²) >= 11 is 0. The molecular weight excluding hydrogens is 570 g/mol. The maximum absolute atomic E-state index is 13.1. The topological polar surface area (TPSA) is 140 Å². The normalized spacial score (nSPS) is 19.8. The van der Waals surface area contributed by atoms with Gasteiger partial charge in [0.15, 0.2) is 0 Å². The van der Waals surface area contributed by atoms with Crippen molar-refractivity contribution in [2.75, 3.05) is 23.7 Å². The Kier molecular flexibility index (Phi) is 7.74. The highest BCUT2D eigenvalue weighted by Gasteiger charge is 2.39. The van der Waals surface area contributed by atoms with Crippen molar-refractivity contribution < 1.29 is 19.2 Å². The molecule has 45 heavy (non-hydrogen) atoms. The van der Waals surface area contributed by atoms with E-state index in [2.05, 4.69) is 20.6 Å². The van der Waals surface area contributed by atoms with Crippen molar-refractivity contribution >= 4 is 46.0 Å². The third-order valence-corrected chi connectivity index (χ3v) is 9.19. The van der Waals surface area contributed by atoms with Crippen LogP contribution in [0.4, 0.5) is 11.4 Å². The Morgan fingerprint density at radius 3 is 2.16 bits per heavy atom. The maximum Gasteiger partial charge on any atom is 0.256 e. The van der Waals surface area contributed by atoms with Gasteiger partial charge in [-0.3, -0.25) is 24.2 Å². The van der Waals surface area contributed by atoms with Crippen LogP contribution >= 0.6 is 0 Å². The molecule has 0 bridgehead atoms. The molecule has 4 aromatic rings. The van der Waals surface area contributed by atoms with Crippen molar-refractivity contribution in [1.29, 1.82) is 0 Å². The third-order valence-electron chi connectivity index (χ3n) is 9.19. The van der Waals surface area contributed by atoms with Crippen LogP contribution in [0.2, 0.25) is 0 Å². The minimum atomic E-state index is -0.539. The largest absolute Gasteiger partial charge is 0.338 e. The average molecular weight is 606 g/mol. The van der Waals surface area contributed by atoms with E-state index in [0.29, 0.717) is 54.2 Å². The van der Waals surface area contributed by atoms with Crippen molar-refractivity contribution in [2.24, 2.45) is 5.92 Å². The van der Waals surface area contributed by atoms with Gasteiger partial charge < -0.3 is 25.4 Å². The second-order valence-corrected chi connectivity index (χ2v) is 12.1. The minimum Gasteiger partial charge on any atom is -0.338 e. The molecule has 0 spiro atoms. The number of carbonyl (C=O) groups is 4. The molecule has 7 rings (SSSR count). The molecule has 1 saturated carbocycles. The number of imidazole rings is 1. The van der Waals surface area contributed by atoms with Crippen molar-refractivity contribution in [3.63, 3.8) is 0 Å². The zero-order chi connectivity index (χ0) is 30.9. The molecule has 11 nitrogen and oxygen atoms in total. The van der Waals surface area contributed by atoms with Crippen LogP contribution in [0.25, 0.3) is 22.4 Å². The fourth-order valence-corrected chi connectivity index (χ4v) is 6.51. The van der Waals surface area contributed by atoms with Crippen LogP contribution in [0.15, 0.2) is 67.0 Å². The zero-order valence-electron chi connectivity index (χ0n) is 24.9. The van der Waals surface area contributed by atoms with E-state index < -0.39 is 12.1 Å². The highest BCUT2D eigenvalue weighted by molar-refractivity contribution is 6.02. The molecule has 3 aliphatic rings. The van der Waals surface area contributed by atoms with Crippen molar-refractivity contribution in [3.8, 4) is 11.4 Å². The maximum atomic E-state index is 13.1. The lowest BCUT2D eigenvalue weighted by Crippen LogP contribution is -2.46. The fraction of sp³-hybridized carbons (Fsp3) is 0.353. The molecule has 4 heterocycles. The number of benzene rings is 2. The second-order valence-electron chi connectivity index (χ2n) is 12.1. The van der Waals surface area contributed by atoms with Gasteiger partial charge in [0.2, 0.25) is 17.7 Å². The molecule has 0 radical (unpaired) electrons. The first kappa shape index (κ1) is 28.7. The van der Waals surface area contributed by atoms with Crippen LogP contribution in [-0.4, -0.2) is 73.6 Å². The standard InChI is InChI=1S/C34H35N7O4/c42-31(28-8-4-18-41(28)34(45)23-7-2-16-35-20-23)36-24-12-10-21(11-13-24)30-38-26-15-14-25(19-27(26)39-30)37-32(43)29-9-3-17-40(29)33(44)22-5-1-6-22/h2,7,10-16,19-20,22,28-29H,1,3-6,8-9,17-18H2,(H,36,42)(H,37,43)(H,38,39)/t28-,29-/m0/s1. The van der Waals surface area contributed by atoms with Gasteiger partial charge in [0.05, 0.1) is 16.6 Å². The van der Waals surface area contributed by atoms with Crippen molar-refractivity contribution in [2.45, 2.75) is 57.0 Å². The third kappa shape index (κ3) is 5.77. The number of fused-ring (bicyclic) bond motifs is 1. The first-order valence-electron chi connectivity index (χ1n) is 15.7. The second kappa shape index (κ2) is 12.1. The molecule has 3 N–H and O–H groups in total. The molecule has 0 unspecified atom stereocenters. The van der Waals surface area contributed by atoms with Gasteiger partial charge in [0.1, 0.15) is 17.9 Å². The molecule has 2 atom stereocenters. The minimum absolute atomic E-state index is 0.0776. The lowest BCUT2D eigenvalue weighted by atomic mass is 9.84. The number of aromatic amines is 1. The lowest BCUT2D eigenvalue weighted by Gasteiger charge is -2.32. The number of H-pyrrole nitrogens is 1. The number of nitrogens with one attached hydrogen (secondary N) is 3. The van der Waals surface area contributed by atoms with Gasteiger partial charge in [0.25, 0.3) is 5.91 Å². The number of nitrogens with zero attached hydrogens (tertiary/aromatic N) is 4. The van der Waals surface area contributed by atoms with Gasteiger partial charge in [-0.15, -0.1) is 0 Å². The molecule has 2 aliphatic heterocycles. The van der Waals surface area contributed by atoms with Crippen LogP contribution in [0.5, 0.6) is 0 Å². The average Bonchev–Trinajstić information content (AvgIpc) is 3.80. The highest BCUT2D eigenvalue weighted by Crippen LogP contribution is 2.32. The van der Waals surface area contributed by atoms with Gasteiger partial charge in [-0.1, -0.05) is 6.42 Å². The van der Waals surface area contributed by atoms with Crippen LogP contribution in [-0.2, 0) is 14.4 Å². The van der Waals surface area contributed by atoms with E-state index in [1.165, 1.54) is 6.20 Å². The van der Waals surface area contributed by atoms with E-state index in [4.69, 9.17) is 4.98 Å². The number of amides is 4. The number of likely N-dealkylation sites (tertiary alicyclic amines) is 2. The fourth-order valence-electron chi connectivity index (χ4n) is 6.51. The first-order chi connectivity index (χ1) is 21.9. The number of aromatic nitrogens is 3. The number of hydrogen-bond acceptors (Lipinski definition) is 6. The first-order valence-corrected chi connectivity index (χ1v) is 15.7. The number of pyridine rings is 1. The monoisotopic (exact) mass is 605 g/mol. The van der Waals surface area contributed by atoms with E-state index in [1.807, 2.05) is 42.5 Å². The summed E-state index contributed by atoms with van der Waals surface area (Å²) in [6, 6.07) is 15.4. The van der Waals surface area contributed by atoms with E-state index in [0.717, 1.165) is 43.2 Å². The Morgan fingerprint density at radius 1 is 0.778 bits per heavy atom. The van der Waals surface area contributed by atoms with Crippen molar-refractivity contribution in [3.05, 3.63) is 72.6 Å². The molecule has 1 aliphatic carbocycles. The Balaban J connectivity index is 0.992. The van der Waals surface area contributed by atoms with Crippen LogP contribution in [0.1, 0.15) is 55.3 Å². The zero-order valence-corrected chi connectivity index (χ0v) is 24.9.